The molecule has 0 bridgehead atoms. The van der Waals surface area contributed by atoms with E-state index in [4.69, 9.17) is 11.6 Å². The number of nitrogens with one attached hydrogen (secondary N) is 1. The van der Waals surface area contributed by atoms with E-state index in [0.717, 1.165) is 50.9 Å². The van der Waals surface area contributed by atoms with Gasteiger partial charge in [-0.2, -0.15) is 5.10 Å². The molecular weight excluding hydrogens is 524 g/mol. The number of rotatable bonds is 6. The highest BCUT2D eigenvalue weighted by Gasteiger charge is 2.37. The molecule has 1 fully saturated rings. The molecule has 3 amide bonds. The van der Waals surface area contributed by atoms with E-state index >= 15 is 0 Å². The second-order valence-corrected chi connectivity index (χ2v) is 10.4. The summed E-state index contributed by atoms with van der Waals surface area (Å²) in [6.45, 7) is 2.38. The second-order valence-electron chi connectivity index (χ2n) is 10.0. The van der Waals surface area contributed by atoms with Gasteiger partial charge in [0.25, 0.3) is 5.91 Å². The van der Waals surface area contributed by atoms with Gasteiger partial charge in [0.15, 0.2) is 5.65 Å². The summed E-state index contributed by atoms with van der Waals surface area (Å²) in [5.74, 6) is 6.24. The van der Waals surface area contributed by atoms with E-state index in [2.05, 4.69) is 39.4 Å². The molecule has 0 radical (unpaired) electrons. The van der Waals surface area contributed by atoms with E-state index in [9.17, 15) is 9.59 Å². The summed E-state index contributed by atoms with van der Waals surface area (Å²) in [6, 6.07) is 14.7. The SMILES string of the molecule is Cc1ccc(CCCN2C(=O)NC(Cc3cn(C)c4c(Cl)cccc34)C2=O)cc1C#Cc1cnc2cccnn12. The molecule has 1 atom stereocenters. The Morgan fingerprint density at radius 3 is 2.85 bits per heavy atom. The lowest BCUT2D eigenvalue weighted by molar-refractivity contribution is -0.127. The van der Waals surface area contributed by atoms with E-state index in [0.29, 0.717) is 24.4 Å². The van der Waals surface area contributed by atoms with Crippen molar-refractivity contribution in [3.63, 3.8) is 0 Å². The first-order valence-electron chi connectivity index (χ1n) is 13.1. The first kappa shape index (κ1) is 25.7. The number of carbonyl (C=O) groups is 2. The van der Waals surface area contributed by atoms with Crippen LogP contribution in [0, 0.1) is 18.8 Å². The van der Waals surface area contributed by atoms with E-state index in [1.807, 2.05) is 61.1 Å². The Bertz CT molecular complexity index is 1840. The zero-order valence-electron chi connectivity index (χ0n) is 22.2. The van der Waals surface area contributed by atoms with Crippen LogP contribution in [-0.4, -0.2) is 48.6 Å². The van der Waals surface area contributed by atoms with Crippen molar-refractivity contribution in [2.24, 2.45) is 7.05 Å². The number of urea groups is 1. The predicted octanol–water partition coefficient (Wildman–Crippen LogP) is 4.68. The molecule has 8 nitrogen and oxygen atoms in total. The van der Waals surface area contributed by atoms with Gasteiger partial charge < -0.3 is 9.88 Å². The number of benzene rings is 2. The van der Waals surface area contributed by atoms with Crippen molar-refractivity contribution in [2.75, 3.05) is 6.54 Å². The number of imidazole rings is 1. The Kier molecular flexibility index (Phi) is 6.74. The number of imide groups is 1. The fraction of sp³-hybridized carbons (Fsp3) is 0.226. The van der Waals surface area contributed by atoms with Crippen LogP contribution in [0.2, 0.25) is 5.02 Å². The summed E-state index contributed by atoms with van der Waals surface area (Å²) in [7, 11) is 1.93. The van der Waals surface area contributed by atoms with Gasteiger partial charge in [-0.15, -0.1) is 0 Å². The molecule has 0 saturated carbocycles. The van der Waals surface area contributed by atoms with Crippen LogP contribution in [0.1, 0.15) is 34.4 Å². The fourth-order valence-electron chi connectivity index (χ4n) is 5.26. The maximum absolute atomic E-state index is 13.1. The summed E-state index contributed by atoms with van der Waals surface area (Å²) in [5, 5.41) is 8.83. The van der Waals surface area contributed by atoms with Crippen molar-refractivity contribution in [1.29, 1.82) is 0 Å². The largest absolute Gasteiger partial charge is 0.349 e. The highest BCUT2D eigenvalue weighted by atomic mass is 35.5. The summed E-state index contributed by atoms with van der Waals surface area (Å²) < 4.78 is 3.67. The zero-order chi connectivity index (χ0) is 27.8. The zero-order valence-corrected chi connectivity index (χ0v) is 22.9. The van der Waals surface area contributed by atoms with Crippen LogP contribution in [0.3, 0.4) is 0 Å². The van der Waals surface area contributed by atoms with Crippen LogP contribution in [0.4, 0.5) is 4.79 Å². The van der Waals surface area contributed by atoms with Crippen molar-refractivity contribution in [1.82, 2.24) is 29.4 Å². The third-order valence-corrected chi connectivity index (χ3v) is 7.62. The number of hydrogen-bond acceptors (Lipinski definition) is 4. The van der Waals surface area contributed by atoms with Crippen molar-refractivity contribution in [2.45, 2.75) is 32.2 Å². The Hall–Kier alpha value is -4.61. The monoisotopic (exact) mass is 550 g/mol. The molecule has 5 aromatic rings. The van der Waals surface area contributed by atoms with Crippen molar-refractivity contribution in [3.05, 3.63) is 100 Å². The molecule has 1 unspecified atom stereocenters. The number of amides is 3. The molecular formula is C31H27ClN6O2. The minimum atomic E-state index is -0.590. The molecule has 0 spiro atoms. The number of nitrogens with zero attached hydrogens (tertiary/aromatic N) is 5. The normalized spacial score (nSPS) is 15.1. The first-order valence-corrected chi connectivity index (χ1v) is 13.5. The van der Waals surface area contributed by atoms with Crippen LogP contribution >= 0.6 is 11.6 Å². The highest BCUT2D eigenvalue weighted by Crippen LogP contribution is 2.29. The van der Waals surface area contributed by atoms with E-state index < -0.39 is 6.04 Å². The smallest absolute Gasteiger partial charge is 0.324 e. The third-order valence-electron chi connectivity index (χ3n) is 7.32. The molecule has 9 heteroatoms. The number of hydrogen-bond donors (Lipinski definition) is 1. The quantitative estimate of drug-likeness (QED) is 0.246. The maximum atomic E-state index is 13.1. The fourth-order valence-corrected chi connectivity index (χ4v) is 5.56. The number of carbonyl (C=O) groups excluding carboxylic acids is 2. The second kappa shape index (κ2) is 10.5. The van der Waals surface area contributed by atoms with Gasteiger partial charge in [-0.25, -0.2) is 14.3 Å². The van der Waals surface area contributed by atoms with Crippen LogP contribution in [0.5, 0.6) is 0 Å². The number of halogens is 1. The van der Waals surface area contributed by atoms with Crippen molar-refractivity contribution < 1.29 is 9.59 Å². The lowest BCUT2D eigenvalue weighted by Gasteiger charge is -2.13. The molecule has 1 N–H and O–H groups in total. The van der Waals surface area contributed by atoms with Crippen molar-refractivity contribution in [3.8, 4) is 11.8 Å². The third kappa shape index (κ3) is 4.80. The average Bonchev–Trinajstić information content (AvgIpc) is 3.59. The molecule has 3 aromatic heterocycles. The summed E-state index contributed by atoms with van der Waals surface area (Å²) in [6.07, 6.45) is 7.19. The Morgan fingerprint density at radius 1 is 1.10 bits per heavy atom. The van der Waals surface area contributed by atoms with Gasteiger partial charge in [0.1, 0.15) is 11.7 Å². The summed E-state index contributed by atoms with van der Waals surface area (Å²) in [4.78, 5) is 31.5. The highest BCUT2D eigenvalue weighted by molar-refractivity contribution is 6.35. The molecule has 1 aliphatic rings. The van der Waals surface area contributed by atoms with Gasteiger partial charge in [-0.05, 0) is 66.6 Å². The lowest BCUT2D eigenvalue weighted by atomic mass is 10.0. The first-order chi connectivity index (χ1) is 19.4. The predicted molar refractivity (Wildman–Crippen MR) is 154 cm³/mol. The van der Waals surface area contributed by atoms with Crippen LogP contribution in [-0.2, 0) is 24.7 Å². The molecule has 6 rings (SSSR count). The minimum Gasteiger partial charge on any atom is -0.349 e. The van der Waals surface area contributed by atoms with Crippen LogP contribution in [0.15, 0.2) is 67.1 Å². The Labute approximate surface area is 236 Å². The van der Waals surface area contributed by atoms with Gasteiger partial charge in [0.2, 0.25) is 0 Å². The van der Waals surface area contributed by atoms with Gasteiger partial charge >= 0.3 is 6.03 Å². The number of aromatic nitrogens is 4. The number of fused-ring (bicyclic) bond motifs is 2. The summed E-state index contributed by atoms with van der Waals surface area (Å²) in [5.41, 5.74) is 6.47. The number of para-hydroxylation sites is 1. The Balaban J connectivity index is 1.10. The molecule has 200 valence electrons. The average molecular weight is 551 g/mol. The molecule has 4 heterocycles. The minimum absolute atomic E-state index is 0.193. The maximum Gasteiger partial charge on any atom is 0.324 e. The molecule has 1 aliphatic heterocycles. The summed E-state index contributed by atoms with van der Waals surface area (Å²) >= 11 is 6.38. The Morgan fingerprint density at radius 2 is 1.98 bits per heavy atom. The lowest BCUT2D eigenvalue weighted by Crippen LogP contribution is -2.33. The van der Waals surface area contributed by atoms with Crippen LogP contribution in [0.25, 0.3) is 16.6 Å². The molecule has 2 aromatic carbocycles. The van der Waals surface area contributed by atoms with Gasteiger partial charge in [0.05, 0.1) is 16.7 Å². The molecule has 0 aliphatic carbocycles. The van der Waals surface area contributed by atoms with Gasteiger partial charge in [0, 0.05) is 43.4 Å². The van der Waals surface area contributed by atoms with E-state index in [-0.39, 0.29) is 11.9 Å². The van der Waals surface area contributed by atoms with Crippen molar-refractivity contribution >= 4 is 40.1 Å². The van der Waals surface area contributed by atoms with E-state index in [1.165, 1.54) is 4.90 Å². The van der Waals surface area contributed by atoms with E-state index in [1.54, 1.807) is 16.9 Å². The number of aryl methyl sites for hydroxylation is 3. The van der Waals surface area contributed by atoms with Gasteiger partial charge in [-0.3, -0.25) is 9.69 Å². The molecule has 1 saturated heterocycles. The molecule has 40 heavy (non-hydrogen) atoms. The van der Waals surface area contributed by atoms with Gasteiger partial charge in [-0.1, -0.05) is 41.8 Å². The standard InChI is InChI=1S/C31H27ClN6O2/c1-20-10-11-21(16-22(20)12-13-24-18-33-28-9-4-14-34-38(24)28)6-5-15-37-30(39)27(35-31(37)40)17-23-19-36(2)29-25(23)7-3-8-26(29)32/h3-4,7-11,14,16,18-19,27H,5-6,15,17H2,1-2H3,(H,35,40). The van der Waals surface area contributed by atoms with Crippen LogP contribution < -0.4 is 5.32 Å². The topological polar surface area (TPSA) is 84.5 Å².